The normalized spacial score (nSPS) is 14.4. The molecular weight excluding hydrogens is 166 g/mol. The van der Waals surface area contributed by atoms with Gasteiger partial charge in [-0.25, -0.2) is 4.98 Å². The quantitative estimate of drug-likeness (QED) is 0.701. The number of ether oxygens (including phenoxy) is 1. The molecule has 0 aromatic carbocycles. The first kappa shape index (κ1) is 8.29. The molecule has 0 amide bonds. The first-order valence-corrected chi connectivity index (χ1v) is 4.47. The number of aromatic nitrogens is 2. The number of rotatable bonds is 1. The van der Waals surface area contributed by atoms with Gasteiger partial charge in [-0.3, -0.25) is 0 Å². The first-order valence-electron chi connectivity index (χ1n) is 4.47. The third kappa shape index (κ3) is 1.32. The van der Waals surface area contributed by atoms with Gasteiger partial charge in [-0.05, 0) is 5.92 Å². The standard InChI is InChI=1S/C9H13N3O/c1-5(2)7-6-3-4-13-8(6)12-9(10)11-7/h5H,3-4H2,1-2H3,(H2,10,11,12). The van der Waals surface area contributed by atoms with Gasteiger partial charge in [0.15, 0.2) is 0 Å². The van der Waals surface area contributed by atoms with Crippen molar-refractivity contribution in [2.45, 2.75) is 26.2 Å². The van der Waals surface area contributed by atoms with E-state index in [0.29, 0.717) is 24.4 Å². The van der Waals surface area contributed by atoms with Crippen LogP contribution < -0.4 is 10.5 Å². The molecule has 2 rings (SSSR count). The van der Waals surface area contributed by atoms with Gasteiger partial charge in [-0.2, -0.15) is 4.98 Å². The minimum Gasteiger partial charge on any atom is -0.477 e. The van der Waals surface area contributed by atoms with Crippen molar-refractivity contribution in [3.8, 4) is 5.88 Å². The highest BCUT2D eigenvalue weighted by Gasteiger charge is 2.21. The van der Waals surface area contributed by atoms with E-state index in [1.165, 1.54) is 0 Å². The Morgan fingerprint density at radius 3 is 2.85 bits per heavy atom. The van der Waals surface area contributed by atoms with Crippen molar-refractivity contribution in [1.82, 2.24) is 9.97 Å². The third-order valence-electron chi connectivity index (χ3n) is 2.16. The highest BCUT2D eigenvalue weighted by Crippen LogP contribution is 2.29. The Hall–Kier alpha value is -1.32. The van der Waals surface area contributed by atoms with E-state index in [2.05, 4.69) is 23.8 Å². The van der Waals surface area contributed by atoms with Crippen molar-refractivity contribution in [1.29, 1.82) is 0 Å². The lowest BCUT2D eigenvalue weighted by Gasteiger charge is -2.08. The second-order valence-electron chi connectivity index (χ2n) is 3.50. The van der Waals surface area contributed by atoms with Crippen LogP contribution in [0.15, 0.2) is 0 Å². The smallest absolute Gasteiger partial charge is 0.223 e. The predicted octanol–water partition coefficient (Wildman–Crippen LogP) is 1.12. The molecule has 2 N–H and O–H groups in total. The van der Waals surface area contributed by atoms with Gasteiger partial charge in [0, 0.05) is 12.0 Å². The largest absolute Gasteiger partial charge is 0.477 e. The lowest BCUT2D eigenvalue weighted by atomic mass is 10.0. The van der Waals surface area contributed by atoms with E-state index in [9.17, 15) is 0 Å². The molecule has 70 valence electrons. The number of nitrogens with two attached hydrogens (primary N) is 1. The minimum absolute atomic E-state index is 0.310. The fourth-order valence-electron chi connectivity index (χ4n) is 1.58. The summed E-state index contributed by atoms with van der Waals surface area (Å²) in [6, 6.07) is 0. The number of hydrogen-bond donors (Lipinski definition) is 1. The van der Waals surface area contributed by atoms with Gasteiger partial charge in [0.1, 0.15) is 0 Å². The van der Waals surface area contributed by atoms with Crippen molar-refractivity contribution in [3.63, 3.8) is 0 Å². The number of hydrogen-bond acceptors (Lipinski definition) is 4. The van der Waals surface area contributed by atoms with Gasteiger partial charge in [-0.1, -0.05) is 13.8 Å². The Morgan fingerprint density at radius 2 is 2.15 bits per heavy atom. The van der Waals surface area contributed by atoms with Crippen LogP contribution in [-0.4, -0.2) is 16.6 Å². The summed E-state index contributed by atoms with van der Waals surface area (Å²) < 4.78 is 5.34. The molecule has 13 heavy (non-hydrogen) atoms. The van der Waals surface area contributed by atoms with E-state index >= 15 is 0 Å². The van der Waals surface area contributed by atoms with Crippen LogP contribution in [0, 0.1) is 0 Å². The monoisotopic (exact) mass is 179 g/mol. The van der Waals surface area contributed by atoms with Crippen LogP contribution in [0.1, 0.15) is 31.0 Å². The van der Waals surface area contributed by atoms with Crippen molar-refractivity contribution in [3.05, 3.63) is 11.3 Å². The van der Waals surface area contributed by atoms with Crippen LogP contribution in [0.25, 0.3) is 0 Å². The van der Waals surface area contributed by atoms with Gasteiger partial charge in [0.05, 0.1) is 12.3 Å². The summed E-state index contributed by atoms with van der Waals surface area (Å²) in [6.07, 6.45) is 0.906. The van der Waals surface area contributed by atoms with E-state index < -0.39 is 0 Å². The maximum atomic E-state index is 5.57. The average Bonchev–Trinajstić information content (AvgIpc) is 2.49. The molecule has 1 aliphatic heterocycles. The topological polar surface area (TPSA) is 61.0 Å². The number of nitrogen functional groups attached to an aromatic ring is 1. The lowest BCUT2D eigenvalue weighted by molar-refractivity contribution is 0.345. The minimum atomic E-state index is 0.310. The molecular formula is C9H13N3O. The van der Waals surface area contributed by atoms with Crippen LogP contribution >= 0.6 is 0 Å². The zero-order chi connectivity index (χ0) is 9.42. The van der Waals surface area contributed by atoms with Crippen molar-refractivity contribution >= 4 is 5.95 Å². The van der Waals surface area contributed by atoms with Crippen molar-refractivity contribution in [2.24, 2.45) is 0 Å². The van der Waals surface area contributed by atoms with Crippen LogP contribution in [-0.2, 0) is 6.42 Å². The van der Waals surface area contributed by atoms with Crippen molar-refractivity contribution < 1.29 is 4.74 Å². The zero-order valence-corrected chi connectivity index (χ0v) is 7.87. The van der Waals surface area contributed by atoms with Gasteiger partial charge < -0.3 is 10.5 Å². The molecule has 0 spiro atoms. The van der Waals surface area contributed by atoms with E-state index in [4.69, 9.17) is 10.5 Å². The molecule has 2 heterocycles. The number of nitrogens with zero attached hydrogens (tertiary/aromatic N) is 2. The van der Waals surface area contributed by atoms with Crippen LogP contribution in [0.3, 0.4) is 0 Å². The molecule has 0 unspecified atom stereocenters. The molecule has 0 saturated heterocycles. The fourth-order valence-corrected chi connectivity index (χ4v) is 1.58. The second kappa shape index (κ2) is 2.87. The van der Waals surface area contributed by atoms with E-state index in [0.717, 1.165) is 17.7 Å². The van der Waals surface area contributed by atoms with Gasteiger partial charge >= 0.3 is 0 Å². The Labute approximate surface area is 77.1 Å². The van der Waals surface area contributed by atoms with E-state index in [-0.39, 0.29) is 0 Å². The molecule has 0 aliphatic carbocycles. The summed E-state index contributed by atoms with van der Waals surface area (Å²) in [6.45, 7) is 4.90. The Kier molecular flexibility index (Phi) is 1.83. The molecule has 1 aliphatic rings. The maximum absolute atomic E-state index is 5.57. The van der Waals surface area contributed by atoms with E-state index in [1.807, 2.05) is 0 Å². The zero-order valence-electron chi connectivity index (χ0n) is 7.87. The molecule has 0 bridgehead atoms. The highest BCUT2D eigenvalue weighted by atomic mass is 16.5. The molecule has 0 saturated carbocycles. The summed E-state index contributed by atoms with van der Waals surface area (Å²) in [4.78, 5) is 8.27. The van der Waals surface area contributed by atoms with Gasteiger partial charge in [0.25, 0.3) is 0 Å². The Bertz CT molecular complexity index is 336. The first-order chi connectivity index (χ1) is 6.18. The molecule has 0 atom stereocenters. The molecule has 4 nitrogen and oxygen atoms in total. The number of anilines is 1. The Balaban J connectivity index is 2.55. The maximum Gasteiger partial charge on any atom is 0.223 e. The average molecular weight is 179 g/mol. The third-order valence-corrected chi connectivity index (χ3v) is 2.16. The second-order valence-corrected chi connectivity index (χ2v) is 3.50. The SMILES string of the molecule is CC(C)c1nc(N)nc2c1CCO2. The van der Waals surface area contributed by atoms with Crippen LogP contribution in [0.5, 0.6) is 5.88 Å². The van der Waals surface area contributed by atoms with Gasteiger partial charge in [-0.15, -0.1) is 0 Å². The molecule has 1 aromatic rings. The molecule has 4 heteroatoms. The lowest BCUT2D eigenvalue weighted by Crippen LogP contribution is -2.04. The summed E-state index contributed by atoms with van der Waals surface area (Å²) in [5.74, 6) is 1.36. The van der Waals surface area contributed by atoms with Crippen LogP contribution in [0.4, 0.5) is 5.95 Å². The van der Waals surface area contributed by atoms with Gasteiger partial charge in [0.2, 0.25) is 11.8 Å². The predicted molar refractivity (Wildman–Crippen MR) is 49.7 cm³/mol. The summed E-state index contributed by atoms with van der Waals surface area (Å²) in [7, 11) is 0. The Morgan fingerprint density at radius 1 is 1.38 bits per heavy atom. The highest BCUT2D eigenvalue weighted by molar-refractivity contribution is 5.39. The fraction of sp³-hybridized carbons (Fsp3) is 0.556. The van der Waals surface area contributed by atoms with Crippen molar-refractivity contribution in [2.75, 3.05) is 12.3 Å². The molecule has 0 fully saturated rings. The summed E-state index contributed by atoms with van der Waals surface area (Å²) in [5, 5.41) is 0. The van der Waals surface area contributed by atoms with Crippen LogP contribution in [0.2, 0.25) is 0 Å². The molecule has 0 radical (unpaired) electrons. The van der Waals surface area contributed by atoms with E-state index in [1.54, 1.807) is 0 Å². The number of fused-ring (bicyclic) bond motifs is 1. The molecule has 1 aromatic heterocycles. The summed E-state index contributed by atoms with van der Waals surface area (Å²) in [5.41, 5.74) is 7.72. The summed E-state index contributed by atoms with van der Waals surface area (Å²) >= 11 is 0.